The minimum absolute atomic E-state index is 0. The number of ether oxygens (including phenoxy) is 1. The summed E-state index contributed by atoms with van der Waals surface area (Å²) in [4.78, 5) is 10.6. The van der Waals surface area contributed by atoms with Crippen LogP contribution in [0.2, 0.25) is 0 Å². The van der Waals surface area contributed by atoms with E-state index in [2.05, 4.69) is 14.6 Å². The van der Waals surface area contributed by atoms with Gasteiger partial charge < -0.3 is 9.46 Å². The number of amides is 1. The third-order valence-electron chi connectivity index (χ3n) is 0.595. The minimum Gasteiger partial charge on any atom is -0.497 e. The molecule has 0 aliphatic heterocycles. The molecule has 0 fully saturated rings. The van der Waals surface area contributed by atoms with Gasteiger partial charge in [-0.25, -0.2) is 13.6 Å². The summed E-state index contributed by atoms with van der Waals surface area (Å²) in [6.07, 6.45) is -1.20. The second kappa shape index (κ2) is 5.16. The van der Waals surface area contributed by atoms with Gasteiger partial charge in [-0.05, 0) is 20.8 Å². The summed E-state index contributed by atoms with van der Waals surface area (Å²) >= 11 is 0. The summed E-state index contributed by atoms with van der Waals surface area (Å²) in [5.41, 5.74) is -0.773. The summed E-state index contributed by atoms with van der Waals surface area (Å²) in [7, 11) is -4.15. The molecule has 0 bridgehead atoms. The van der Waals surface area contributed by atoms with Gasteiger partial charge in [0.2, 0.25) is 6.09 Å². The molecule has 0 unspecified atom stereocenters. The maximum absolute atomic E-state index is 10.6. The Morgan fingerprint density at radius 2 is 1.77 bits per heavy atom. The Hall–Kier alpha value is 0.180. The molecule has 6 nitrogen and oxygen atoms in total. The normalized spacial score (nSPS) is 11.4. The van der Waals surface area contributed by atoms with Crippen molar-refractivity contribution in [3.8, 4) is 0 Å². The largest absolute Gasteiger partial charge is 1.00 e. The maximum Gasteiger partial charge on any atom is 1.00 e. The molecule has 0 atom stereocenters. The van der Waals surface area contributed by atoms with Crippen molar-refractivity contribution < 1.29 is 47.5 Å². The molecule has 0 aromatic rings. The first-order chi connectivity index (χ1) is 5.10. The second-order valence-electron chi connectivity index (χ2n) is 3.09. The topological polar surface area (TPSA) is 101 Å². The van der Waals surface area contributed by atoms with E-state index in [1.165, 1.54) is 0 Å². The van der Waals surface area contributed by atoms with Crippen LogP contribution in [0.4, 0.5) is 4.79 Å². The van der Waals surface area contributed by atoms with Gasteiger partial charge in [-0.2, -0.15) is 0 Å². The third-order valence-corrected chi connectivity index (χ3v) is 0.999. The van der Waals surface area contributed by atoms with Gasteiger partial charge in [0.1, 0.15) is 5.60 Å². The number of hydrogen-bond donors (Lipinski definition) is 1. The molecule has 2 N–H and O–H groups in total. The van der Waals surface area contributed by atoms with Crippen LogP contribution in [0.1, 0.15) is 20.8 Å². The first-order valence-electron chi connectivity index (χ1n) is 3.09. The molecule has 0 radical (unpaired) electrons. The number of nitrogens with zero attached hydrogens (tertiary/aromatic N) is 1. The maximum atomic E-state index is 10.6. The van der Waals surface area contributed by atoms with Gasteiger partial charge in [0.05, 0.1) is 0 Å². The number of carbonyl (C=O) groups is 1. The van der Waals surface area contributed by atoms with E-state index in [0.29, 0.717) is 0 Å². The number of nitrogens with two attached hydrogens (primary N) is 1. The molecule has 0 aliphatic rings. The second-order valence-corrected chi connectivity index (χ2v) is 4.30. The zero-order chi connectivity index (χ0) is 9.99. The Morgan fingerprint density at radius 3 is 2.00 bits per heavy atom. The zero-order valence-corrected chi connectivity index (χ0v) is 10.9. The van der Waals surface area contributed by atoms with Gasteiger partial charge in [0, 0.05) is 0 Å². The van der Waals surface area contributed by atoms with Crippen LogP contribution in [0, 0.1) is 0 Å². The molecule has 72 valence electrons. The van der Waals surface area contributed by atoms with Gasteiger partial charge in [-0.3, -0.25) is 4.79 Å². The van der Waals surface area contributed by atoms with Crippen molar-refractivity contribution in [3.63, 3.8) is 0 Å². The monoisotopic (exact) mass is 218 g/mol. The Morgan fingerprint density at radius 1 is 1.38 bits per heavy atom. The van der Waals surface area contributed by atoms with Gasteiger partial charge in [0.25, 0.3) is 0 Å². The van der Waals surface area contributed by atoms with Crippen molar-refractivity contribution in [3.05, 3.63) is 4.72 Å². The number of rotatable bonds is 1. The van der Waals surface area contributed by atoms with E-state index >= 15 is 0 Å². The van der Waals surface area contributed by atoms with E-state index in [1.807, 2.05) is 0 Å². The Bertz CT molecular complexity index is 269. The number of hydrogen-bond acceptors (Lipinski definition) is 4. The van der Waals surface area contributed by atoms with E-state index in [-0.39, 0.29) is 29.6 Å². The van der Waals surface area contributed by atoms with Gasteiger partial charge in [-0.1, -0.05) is 0 Å². The van der Waals surface area contributed by atoms with Crippen LogP contribution in [0.25, 0.3) is 4.72 Å². The molecule has 13 heavy (non-hydrogen) atoms. The summed E-state index contributed by atoms with van der Waals surface area (Å²) in [6.45, 7) is 4.76. The summed E-state index contributed by atoms with van der Waals surface area (Å²) in [6, 6.07) is 0. The van der Waals surface area contributed by atoms with Crippen molar-refractivity contribution in [1.29, 1.82) is 0 Å². The van der Waals surface area contributed by atoms with Crippen molar-refractivity contribution in [2.24, 2.45) is 5.14 Å². The van der Waals surface area contributed by atoms with Crippen LogP contribution in [-0.4, -0.2) is 20.1 Å². The zero-order valence-electron chi connectivity index (χ0n) is 8.07. The third kappa shape index (κ3) is 12.2. The molecular weight excluding hydrogens is 207 g/mol. The standard InChI is InChI=1S/C5H12N2O4S.Na/c1-5(2,3)11-4(8)7-12(6,9)10;/h1-3H3,(H3,6,7,8,9,10);/q;+1/p-1. The average Bonchev–Trinajstić information content (AvgIpc) is 1.49. The first kappa shape index (κ1) is 15.6. The predicted molar refractivity (Wildman–Crippen MR) is 42.7 cm³/mol. The van der Waals surface area contributed by atoms with Crippen molar-refractivity contribution >= 4 is 16.3 Å². The van der Waals surface area contributed by atoms with Gasteiger partial charge in [0.15, 0.2) is 10.2 Å². The summed E-state index contributed by atoms with van der Waals surface area (Å²) in [5.74, 6) is 0. The first-order valence-corrected chi connectivity index (χ1v) is 4.59. The molecular formula is C5H11N2NaO4S. The van der Waals surface area contributed by atoms with Crippen LogP contribution in [0.3, 0.4) is 0 Å². The predicted octanol–water partition coefficient (Wildman–Crippen LogP) is -2.50. The van der Waals surface area contributed by atoms with Crippen LogP contribution < -0.4 is 34.7 Å². The smallest absolute Gasteiger partial charge is 0.497 e. The molecule has 1 amide bonds. The Labute approximate surface area is 99.7 Å². The van der Waals surface area contributed by atoms with E-state index in [1.54, 1.807) is 20.8 Å². The fourth-order valence-corrected chi connectivity index (χ4v) is 0.630. The SMILES string of the molecule is CC(C)(C)OC(=O)[N-]S(N)(=O)=O.[Na+]. The molecule has 0 saturated carbocycles. The minimum atomic E-state index is -4.15. The van der Waals surface area contributed by atoms with E-state index in [0.717, 1.165) is 0 Å². The molecule has 0 heterocycles. The molecule has 0 aromatic heterocycles. The van der Waals surface area contributed by atoms with Crippen LogP contribution >= 0.6 is 0 Å². The van der Waals surface area contributed by atoms with Crippen molar-refractivity contribution in [2.45, 2.75) is 26.4 Å². The average molecular weight is 218 g/mol. The van der Waals surface area contributed by atoms with Gasteiger partial charge in [-0.15, -0.1) is 0 Å². The molecule has 0 saturated heterocycles. The van der Waals surface area contributed by atoms with E-state index in [4.69, 9.17) is 0 Å². The molecule has 0 aromatic carbocycles. The molecule has 0 spiro atoms. The fourth-order valence-electron chi connectivity index (χ4n) is 0.384. The van der Waals surface area contributed by atoms with Crippen LogP contribution in [0.5, 0.6) is 0 Å². The Balaban J connectivity index is 0. The van der Waals surface area contributed by atoms with Crippen LogP contribution in [0.15, 0.2) is 0 Å². The molecule has 0 aliphatic carbocycles. The fraction of sp³-hybridized carbons (Fsp3) is 0.800. The van der Waals surface area contributed by atoms with E-state index < -0.39 is 21.9 Å². The van der Waals surface area contributed by atoms with Crippen LogP contribution in [-0.2, 0) is 14.9 Å². The summed E-state index contributed by atoms with van der Waals surface area (Å²) in [5, 5.41) is 4.46. The van der Waals surface area contributed by atoms with Crippen molar-refractivity contribution in [2.75, 3.05) is 0 Å². The number of carbonyl (C=O) groups excluding carboxylic acids is 1. The van der Waals surface area contributed by atoms with Gasteiger partial charge >= 0.3 is 29.6 Å². The summed E-state index contributed by atoms with van der Waals surface area (Å²) < 4.78 is 27.6. The molecule has 0 rings (SSSR count). The Kier molecular flexibility index (Phi) is 6.21. The van der Waals surface area contributed by atoms with E-state index in [9.17, 15) is 13.2 Å². The quantitative estimate of drug-likeness (QED) is 0.492. The molecule has 8 heteroatoms. The van der Waals surface area contributed by atoms with Crippen molar-refractivity contribution in [1.82, 2.24) is 0 Å².